The zero-order chi connectivity index (χ0) is 13.2. The van der Waals surface area contributed by atoms with E-state index in [4.69, 9.17) is 0 Å². The first kappa shape index (κ1) is 11.6. The molecule has 1 unspecified atom stereocenters. The number of hydrogen-bond acceptors (Lipinski definition) is 5. The number of nitrogens with zero attached hydrogens (tertiary/aromatic N) is 4. The van der Waals surface area contributed by atoms with Gasteiger partial charge in [-0.3, -0.25) is 5.10 Å². The molecule has 19 heavy (non-hydrogen) atoms. The fourth-order valence-corrected chi connectivity index (χ4v) is 2.04. The smallest absolute Gasteiger partial charge is 0.157 e. The van der Waals surface area contributed by atoms with E-state index < -0.39 is 0 Å². The molecule has 1 atom stereocenters. The van der Waals surface area contributed by atoms with Crippen LogP contribution in [-0.2, 0) is 0 Å². The van der Waals surface area contributed by atoms with Crippen molar-refractivity contribution in [1.29, 1.82) is 0 Å². The molecule has 0 aliphatic rings. The second-order valence-corrected chi connectivity index (χ2v) is 4.42. The minimum atomic E-state index is -0.0112. The van der Waals surface area contributed by atoms with E-state index in [1.165, 1.54) is 6.33 Å². The van der Waals surface area contributed by atoms with Crippen LogP contribution in [0.5, 0.6) is 0 Å². The molecule has 6 heteroatoms. The predicted molar refractivity (Wildman–Crippen MR) is 72.7 cm³/mol. The Hall–Kier alpha value is -2.50. The molecule has 2 heterocycles. The lowest BCUT2D eigenvalue weighted by atomic mass is 10.1. The minimum Gasteiger partial charge on any atom is -0.358 e. The van der Waals surface area contributed by atoms with E-state index in [-0.39, 0.29) is 6.04 Å². The van der Waals surface area contributed by atoms with Crippen molar-refractivity contribution in [3.8, 4) is 0 Å². The molecule has 96 valence electrons. The van der Waals surface area contributed by atoms with Crippen LogP contribution in [-0.4, -0.2) is 25.4 Å². The van der Waals surface area contributed by atoms with Gasteiger partial charge in [0.15, 0.2) is 5.82 Å². The second kappa shape index (κ2) is 4.64. The van der Waals surface area contributed by atoms with Gasteiger partial charge in [-0.05, 0) is 13.8 Å². The van der Waals surface area contributed by atoms with E-state index in [0.717, 1.165) is 28.1 Å². The highest BCUT2D eigenvalue weighted by Crippen LogP contribution is 2.24. The largest absolute Gasteiger partial charge is 0.358 e. The van der Waals surface area contributed by atoms with Gasteiger partial charge in [-0.15, -0.1) is 5.10 Å². The molecule has 2 N–H and O–H groups in total. The zero-order valence-electron chi connectivity index (χ0n) is 10.8. The quantitative estimate of drug-likeness (QED) is 0.749. The summed E-state index contributed by atoms with van der Waals surface area (Å²) in [6, 6.07) is 8.06. The van der Waals surface area contributed by atoms with Crippen molar-refractivity contribution in [3.05, 3.63) is 42.1 Å². The number of benzene rings is 1. The first-order valence-electron chi connectivity index (χ1n) is 6.09. The van der Waals surface area contributed by atoms with E-state index in [1.807, 2.05) is 38.1 Å². The topological polar surface area (TPSA) is 79.4 Å². The number of nitrogens with one attached hydrogen (secondary N) is 2. The van der Waals surface area contributed by atoms with Crippen LogP contribution in [0.4, 0.5) is 5.82 Å². The number of anilines is 1. The Labute approximate surface area is 110 Å². The highest BCUT2D eigenvalue weighted by atomic mass is 15.2. The van der Waals surface area contributed by atoms with Gasteiger partial charge in [0.05, 0.1) is 11.7 Å². The van der Waals surface area contributed by atoms with E-state index in [2.05, 4.69) is 30.7 Å². The highest BCUT2D eigenvalue weighted by Gasteiger charge is 2.12. The summed E-state index contributed by atoms with van der Waals surface area (Å²) in [6.45, 7) is 3.95. The van der Waals surface area contributed by atoms with Crippen LogP contribution in [0.25, 0.3) is 10.8 Å². The molecule has 0 saturated heterocycles. The summed E-state index contributed by atoms with van der Waals surface area (Å²) in [5.41, 5.74) is 0.925. The van der Waals surface area contributed by atoms with Crippen molar-refractivity contribution in [1.82, 2.24) is 25.4 Å². The first-order valence-corrected chi connectivity index (χ1v) is 6.09. The van der Waals surface area contributed by atoms with Gasteiger partial charge in [-0.2, -0.15) is 10.2 Å². The number of H-pyrrole nitrogens is 1. The fourth-order valence-electron chi connectivity index (χ4n) is 2.04. The van der Waals surface area contributed by atoms with Gasteiger partial charge in [-0.25, -0.2) is 4.98 Å². The van der Waals surface area contributed by atoms with Crippen LogP contribution in [0.3, 0.4) is 0 Å². The van der Waals surface area contributed by atoms with Gasteiger partial charge in [-0.1, -0.05) is 24.3 Å². The Morgan fingerprint density at radius 3 is 2.68 bits per heavy atom. The van der Waals surface area contributed by atoms with Crippen LogP contribution in [0.15, 0.2) is 30.6 Å². The van der Waals surface area contributed by atoms with Crippen LogP contribution in [0.2, 0.25) is 0 Å². The molecular formula is C13H14N6. The number of fused-ring (bicyclic) bond motifs is 1. The molecule has 0 radical (unpaired) electrons. The Balaban J connectivity index is 2.00. The van der Waals surface area contributed by atoms with E-state index in [0.29, 0.717) is 0 Å². The summed E-state index contributed by atoms with van der Waals surface area (Å²) in [7, 11) is 0. The van der Waals surface area contributed by atoms with Crippen molar-refractivity contribution in [2.24, 2.45) is 0 Å². The van der Waals surface area contributed by atoms with Gasteiger partial charge < -0.3 is 5.32 Å². The van der Waals surface area contributed by atoms with Crippen LogP contribution in [0, 0.1) is 6.92 Å². The summed E-state index contributed by atoms with van der Waals surface area (Å²) in [5, 5.41) is 20.6. The molecule has 1 aromatic carbocycles. The molecule has 0 amide bonds. The third-order valence-electron chi connectivity index (χ3n) is 3.07. The van der Waals surface area contributed by atoms with Crippen molar-refractivity contribution in [3.63, 3.8) is 0 Å². The molecule has 2 aromatic heterocycles. The highest BCUT2D eigenvalue weighted by molar-refractivity contribution is 5.92. The van der Waals surface area contributed by atoms with Crippen LogP contribution in [0.1, 0.15) is 24.5 Å². The third kappa shape index (κ3) is 2.12. The van der Waals surface area contributed by atoms with Gasteiger partial charge >= 0.3 is 0 Å². The van der Waals surface area contributed by atoms with Crippen molar-refractivity contribution >= 4 is 16.6 Å². The van der Waals surface area contributed by atoms with Gasteiger partial charge in [0.2, 0.25) is 0 Å². The third-order valence-corrected chi connectivity index (χ3v) is 3.07. The van der Waals surface area contributed by atoms with Crippen molar-refractivity contribution in [2.75, 3.05) is 5.32 Å². The van der Waals surface area contributed by atoms with E-state index in [9.17, 15) is 0 Å². The summed E-state index contributed by atoms with van der Waals surface area (Å²) in [5.74, 6) is 1.52. The van der Waals surface area contributed by atoms with Gasteiger partial charge in [0.25, 0.3) is 0 Å². The Morgan fingerprint density at radius 1 is 1.16 bits per heavy atom. The summed E-state index contributed by atoms with van der Waals surface area (Å²) < 4.78 is 0. The molecule has 3 rings (SSSR count). The molecule has 0 spiro atoms. The summed E-state index contributed by atoms with van der Waals surface area (Å²) >= 11 is 0. The molecule has 0 bridgehead atoms. The van der Waals surface area contributed by atoms with Crippen molar-refractivity contribution < 1.29 is 0 Å². The summed E-state index contributed by atoms with van der Waals surface area (Å²) in [4.78, 5) is 4.13. The summed E-state index contributed by atoms with van der Waals surface area (Å²) in [6.07, 6.45) is 1.49. The fraction of sp³-hybridized carbons (Fsp3) is 0.231. The number of aryl methyl sites for hydroxylation is 1. The Kier molecular flexibility index (Phi) is 2.83. The average Bonchev–Trinajstić information content (AvgIpc) is 2.96. The Morgan fingerprint density at radius 2 is 1.95 bits per heavy atom. The number of aromatic nitrogens is 5. The van der Waals surface area contributed by atoms with E-state index in [1.54, 1.807) is 0 Å². The lowest BCUT2D eigenvalue weighted by molar-refractivity contribution is 0.786. The maximum Gasteiger partial charge on any atom is 0.157 e. The number of rotatable bonds is 3. The number of hydrogen-bond donors (Lipinski definition) is 2. The molecular weight excluding hydrogens is 240 g/mol. The standard InChI is InChI=1S/C13H14N6/c1-8-10-5-3-4-6-11(10)13(19-17-8)16-9(2)12-14-7-15-18-12/h3-7,9H,1-2H3,(H,16,19)(H,14,15,18). The molecule has 0 aliphatic heterocycles. The second-order valence-electron chi connectivity index (χ2n) is 4.42. The lowest BCUT2D eigenvalue weighted by Crippen LogP contribution is -2.11. The molecule has 3 aromatic rings. The monoisotopic (exact) mass is 254 g/mol. The SMILES string of the molecule is Cc1nnc(NC(C)c2ncn[nH]2)c2ccccc12. The molecule has 6 nitrogen and oxygen atoms in total. The molecule has 0 saturated carbocycles. The maximum absolute atomic E-state index is 4.23. The predicted octanol–water partition coefficient (Wildman–Crippen LogP) is 2.23. The van der Waals surface area contributed by atoms with Gasteiger partial charge in [0.1, 0.15) is 12.2 Å². The Bertz CT molecular complexity index is 691. The zero-order valence-corrected chi connectivity index (χ0v) is 10.8. The molecule has 0 fully saturated rings. The first-order chi connectivity index (χ1) is 9.25. The average molecular weight is 254 g/mol. The van der Waals surface area contributed by atoms with Crippen molar-refractivity contribution in [2.45, 2.75) is 19.9 Å². The van der Waals surface area contributed by atoms with Crippen LogP contribution >= 0.6 is 0 Å². The minimum absolute atomic E-state index is 0.0112. The molecule has 0 aliphatic carbocycles. The van der Waals surface area contributed by atoms with E-state index >= 15 is 0 Å². The van der Waals surface area contributed by atoms with Gasteiger partial charge in [0, 0.05) is 10.8 Å². The van der Waals surface area contributed by atoms with Crippen LogP contribution < -0.4 is 5.32 Å². The maximum atomic E-state index is 4.23. The lowest BCUT2D eigenvalue weighted by Gasteiger charge is -2.13. The normalized spacial score (nSPS) is 12.5. The number of aromatic amines is 1.